The molecule has 1 aromatic rings. The van der Waals surface area contributed by atoms with E-state index in [4.69, 9.17) is 5.11 Å². The van der Waals surface area contributed by atoms with Crippen LogP contribution in [0.4, 0.5) is 0 Å². The van der Waals surface area contributed by atoms with E-state index in [9.17, 15) is 9.59 Å². The fraction of sp³-hybridized carbons (Fsp3) is 0.231. The van der Waals surface area contributed by atoms with E-state index in [0.717, 1.165) is 11.1 Å². The molecule has 1 aromatic carbocycles. The van der Waals surface area contributed by atoms with E-state index in [0.29, 0.717) is 6.54 Å². The molecule has 0 fully saturated rings. The molecule has 2 N–H and O–H groups in total. The first-order valence-electron chi connectivity index (χ1n) is 5.32. The van der Waals surface area contributed by atoms with E-state index in [1.54, 1.807) is 25.1 Å². The Labute approximate surface area is 100.0 Å². The molecule has 0 radical (unpaired) electrons. The van der Waals surface area contributed by atoms with Gasteiger partial charge in [-0.1, -0.05) is 30.3 Å². The Bertz CT molecular complexity index is 438. The number of aliphatic carboxylic acids is 1. The zero-order valence-electron chi connectivity index (χ0n) is 9.64. The van der Waals surface area contributed by atoms with Gasteiger partial charge in [-0.15, -0.1) is 0 Å². The minimum absolute atomic E-state index is 0.0321. The molecule has 0 unspecified atom stereocenters. The van der Waals surface area contributed by atoms with Crippen LogP contribution in [0.1, 0.15) is 18.1 Å². The minimum atomic E-state index is -0.878. The van der Waals surface area contributed by atoms with Crippen LogP contribution < -0.4 is 5.32 Å². The predicted octanol–water partition coefficient (Wildman–Crippen LogP) is 1.51. The van der Waals surface area contributed by atoms with E-state index in [1.807, 2.05) is 12.1 Å². The molecule has 0 bridgehead atoms. The van der Waals surface area contributed by atoms with Gasteiger partial charge in [0.2, 0.25) is 5.91 Å². The summed E-state index contributed by atoms with van der Waals surface area (Å²) in [5, 5.41) is 11.4. The number of amides is 1. The average Bonchev–Trinajstić information content (AvgIpc) is 2.27. The monoisotopic (exact) mass is 233 g/mol. The van der Waals surface area contributed by atoms with E-state index in [-0.39, 0.29) is 12.3 Å². The summed E-state index contributed by atoms with van der Waals surface area (Å²) in [6.45, 7) is 2.10. The summed E-state index contributed by atoms with van der Waals surface area (Å²) >= 11 is 0. The average molecular weight is 233 g/mol. The molecule has 17 heavy (non-hydrogen) atoms. The Morgan fingerprint density at radius 1 is 1.29 bits per heavy atom. The Hall–Kier alpha value is -2.10. The molecule has 0 aliphatic rings. The van der Waals surface area contributed by atoms with Crippen LogP contribution in [0.5, 0.6) is 0 Å². The van der Waals surface area contributed by atoms with Gasteiger partial charge >= 0.3 is 5.97 Å². The first-order valence-corrected chi connectivity index (χ1v) is 5.32. The molecule has 1 rings (SSSR count). The van der Waals surface area contributed by atoms with Crippen molar-refractivity contribution in [2.75, 3.05) is 0 Å². The third-order valence-electron chi connectivity index (χ3n) is 2.23. The highest BCUT2D eigenvalue weighted by Crippen LogP contribution is 2.09. The Kier molecular flexibility index (Phi) is 4.94. The van der Waals surface area contributed by atoms with Crippen molar-refractivity contribution < 1.29 is 14.7 Å². The molecule has 0 aliphatic carbocycles. The van der Waals surface area contributed by atoms with Gasteiger partial charge in [0.15, 0.2) is 0 Å². The standard InChI is InChI=1S/C13H15NO3/c1-2-5-12(15)14-9-11-7-4-3-6-10(11)8-13(16)17/h2-7H,8-9H2,1H3,(H,14,15)(H,16,17)/b5-2+. The molecular formula is C13H15NO3. The summed E-state index contributed by atoms with van der Waals surface area (Å²) in [6, 6.07) is 7.18. The third-order valence-corrected chi connectivity index (χ3v) is 2.23. The van der Waals surface area contributed by atoms with Gasteiger partial charge in [0.05, 0.1) is 6.42 Å². The second-order valence-electron chi connectivity index (χ2n) is 3.56. The molecule has 90 valence electrons. The van der Waals surface area contributed by atoms with Crippen molar-refractivity contribution in [2.24, 2.45) is 0 Å². The molecule has 4 nitrogen and oxygen atoms in total. The molecule has 0 atom stereocenters. The van der Waals surface area contributed by atoms with E-state index in [2.05, 4.69) is 5.32 Å². The quantitative estimate of drug-likeness (QED) is 0.757. The highest BCUT2D eigenvalue weighted by Gasteiger charge is 2.06. The van der Waals surface area contributed by atoms with E-state index >= 15 is 0 Å². The van der Waals surface area contributed by atoms with Crippen LogP contribution in [-0.4, -0.2) is 17.0 Å². The molecule has 0 aliphatic heterocycles. The first kappa shape index (κ1) is 13.0. The van der Waals surface area contributed by atoms with Crippen molar-refractivity contribution in [1.82, 2.24) is 5.32 Å². The van der Waals surface area contributed by atoms with Gasteiger partial charge < -0.3 is 10.4 Å². The summed E-state index contributed by atoms with van der Waals surface area (Å²) in [5.41, 5.74) is 1.55. The second kappa shape index (κ2) is 6.48. The third kappa shape index (κ3) is 4.51. The topological polar surface area (TPSA) is 66.4 Å². The number of hydrogen-bond acceptors (Lipinski definition) is 2. The number of hydrogen-bond donors (Lipinski definition) is 2. The number of allylic oxidation sites excluding steroid dienone is 1. The molecule has 0 heterocycles. The normalized spacial score (nSPS) is 10.4. The molecular weight excluding hydrogens is 218 g/mol. The maximum Gasteiger partial charge on any atom is 0.307 e. The van der Waals surface area contributed by atoms with Gasteiger partial charge in [-0.25, -0.2) is 0 Å². The lowest BCUT2D eigenvalue weighted by Gasteiger charge is -2.07. The van der Waals surface area contributed by atoms with Crippen LogP contribution in [0.2, 0.25) is 0 Å². The summed E-state index contributed by atoms with van der Waals surface area (Å²) in [6.07, 6.45) is 3.05. The van der Waals surface area contributed by atoms with Crippen molar-refractivity contribution in [3.8, 4) is 0 Å². The Balaban J connectivity index is 2.70. The molecule has 1 amide bonds. The zero-order valence-corrected chi connectivity index (χ0v) is 9.64. The van der Waals surface area contributed by atoms with Gasteiger partial charge in [0.25, 0.3) is 0 Å². The molecule has 0 saturated heterocycles. The predicted molar refractivity (Wildman–Crippen MR) is 64.4 cm³/mol. The van der Waals surface area contributed by atoms with Crippen molar-refractivity contribution >= 4 is 11.9 Å². The number of benzene rings is 1. The number of rotatable bonds is 5. The molecule has 4 heteroatoms. The summed E-state index contributed by atoms with van der Waals surface area (Å²) in [7, 11) is 0. The van der Waals surface area contributed by atoms with Crippen LogP contribution in [0.3, 0.4) is 0 Å². The van der Waals surface area contributed by atoms with Gasteiger partial charge in [-0.2, -0.15) is 0 Å². The van der Waals surface area contributed by atoms with Crippen LogP contribution in [0, 0.1) is 0 Å². The summed E-state index contributed by atoms with van der Waals surface area (Å²) in [4.78, 5) is 21.9. The maximum absolute atomic E-state index is 11.2. The summed E-state index contributed by atoms with van der Waals surface area (Å²) < 4.78 is 0. The minimum Gasteiger partial charge on any atom is -0.481 e. The molecule has 0 aromatic heterocycles. The van der Waals surface area contributed by atoms with E-state index in [1.165, 1.54) is 6.08 Å². The van der Waals surface area contributed by atoms with Crippen LogP contribution in [-0.2, 0) is 22.6 Å². The molecule has 0 saturated carbocycles. The van der Waals surface area contributed by atoms with Gasteiger partial charge in [0.1, 0.15) is 0 Å². The fourth-order valence-corrected chi connectivity index (χ4v) is 1.46. The lowest BCUT2D eigenvalue weighted by atomic mass is 10.0. The SMILES string of the molecule is C/C=C/C(=O)NCc1ccccc1CC(=O)O. The second-order valence-corrected chi connectivity index (χ2v) is 3.56. The van der Waals surface area contributed by atoms with Crippen LogP contribution in [0.25, 0.3) is 0 Å². The van der Waals surface area contributed by atoms with Gasteiger partial charge in [-0.3, -0.25) is 9.59 Å². The summed E-state index contributed by atoms with van der Waals surface area (Å²) in [5.74, 6) is -1.06. The first-order chi connectivity index (χ1) is 8.13. The number of carboxylic acids is 1. The fourth-order valence-electron chi connectivity index (χ4n) is 1.46. The van der Waals surface area contributed by atoms with Crippen LogP contribution in [0.15, 0.2) is 36.4 Å². The lowest BCUT2D eigenvalue weighted by molar-refractivity contribution is -0.136. The van der Waals surface area contributed by atoms with Crippen LogP contribution >= 0.6 is 0 Å². The Morgan fingerprint density at radius 2 is 1.94 bits per heavy atom. The van der Waals surface area contributed by atoms with Gasteiger partial charge in [0, 0.05) is 6.54 Å². The maximum atomic E-state index is 11.2. The van der Waals surface area contributed by atoms with E-state index < -0.39 is 5.97 Å². The number of carbonyl (C=O) groups is 2. The lowest BCUT2D eigenvalue weighted by Crippen LogP contribution is -2.21. The largest absolute Gasteiger partial charge is 0.481 e. The van der Waals surface area contributed by atoms with Crippen molar-refractivity contribution in [3.63, 3.8) is 0 Å². The van der Waals surface area contributed by atoms with Crippen molar-refractivity contribution in [1.29, 1.82) is 0 Å². The number of carboxylic acid groups (broad SMARTS) is 1. The smallest absolute Gasteiger partial charge is 0.307 e. The zero-order chi connectivity index (χ0) is 12.7. The Morgan fingerprint density at radius 3 is 2.53 bits per heavy atom. The molecule has 0 spiro atoms. The number of carbonyl (C=O) groups excluding carboxylic acids is 1. The van der Waals surface area contributed by atoms with Crippen molar-refractivity contribution in [3.05, 3.63) is 47.5 Å². The highest BCUT2D eigenvalue weighted by atomic mass is 16.4. The van der Waals surface area contributed by atoms with Gasteiger partial charge in [-0.05, 0) is 24.1 Å². The highest BCUT2D eigenvalue weighted by molar-refractivity contribution is 5.87. The van der Waals surface area contributed by atoms with Crippen molar-refractivity contribution in [2.45, 2.75) is 19.9 Å². The number of nitrogens with one attached hydrogen (secondary N) is 1.